The number of anilines is 1. The molecule has 0 amide bonds. The molecule has 5 aliphatic rings. The summed E-state index contributed by atoms with van der Waals surface area (Å²) >= 11 is 0. The fraction of sp³-hybridized carbons (Fsp3) is 0.606. The smallest absolute Gasteiger partial charge is 0.376 e. The van der Waals surface area contributed by atoms with E-state index >= 15 is 0 Å². The maximum Gasteiger partial charge on any atom is 0.376 e. The van der Waals surface area contributed by atoms with Crippen LogP contribution in [0.2, 0.25) is 13.6 Å². The second-order valence-electron chi connectivity index (χ2n) is 13.3. The van der Waals surface area contributed by atoms with Gasteiger partial charge in [-0.1, -0.05) is 0 Å². The summed E-state index contributed by atoms with van der Waals surface area (Å²) in [5, 5.41) is 20.2. The molecule has 3 aromatic rings. The molecule has 4 saturated heterocycles. The van der Waals surface area contributed by atoms with Crippen LogP contribution in [0, 0.1) is 0 Å². The van der Waals surface area contributed by atoms with Crippen molar-refractivity contribution in [2.75, 3.05) is 70.6 Å². The summed E-state index contributed by atoms with van der Waals surface area (Å²) in [5.41, 5.74) is 6.27. The van der Waals surface area contributed by atoms with Crippen LogP contribution < -0.4 is 4.90 Å². The first-order valence-electron chi connectivity index (χ1n) is 17.7. The summed E-state index contributed by atoms with van der Waals surface area (Å²) in [5.74, 6) is 2.07. The third-order valence-electron chi connectivity index (χ3n) is 10.3. The van der Waals surface area contributed by atoms with Crippen LogP contribution in [0.1, 0.15) is 60.9 Å². The number of hydrogen-bond acceptors (Lipinski definition) is 13. The minimum atomic E-state index is -0.469. The maximum absolute atomic E-state index is 10.1. The van der Waals surface area contributed by atoms with Crippen molar-refractivity contribution in [2.45, 2.75) is 64.3 Å². The molecule has 0 bridgehead atoms. The molecule has 0 spiro atoms. The van der Waals surface area contributed by atoms with E-state index in [9.17, 15) is 10.0 Å². The lowest BCUT2D eigenvalue weighted by molar-refractivity contribution is 0.0671. The number of pyridine rings is 2. The van der Waals surface area contributed by atoms with Crippen LogP contribution >= 0.6 is 0 Å². The number of hydrogen-bond donors (Lipinski definition) is 2. The molecule has 0 aromatic carbocycles. The Kier molecular flexibility index (Phi) is 10.5. The number of aliphatic imine (C=N–C) groups is 1. The minimum absolute atomic E-state index is 0.149. The van der Waals surface area contributed by atoms with Gasteiger partial charge < -0.3 is 38.9 Å². The summed E-state index contributed by atoms with van der Waals surface area (Å²) in [6.07, 6.45) is 15.6. The fourth-order valence-corrected chi connectivity index (χ4v) is 7.83. The van der Waals surface area contributed by atoms with Crippen molar-refractivity contribution in [3.05, 3.63) is 47.7 Å². The fourth-order valence-electron chi connectivity index (χ4n) is 7.83. The highest BCUT2D eigenvalue weighted by molar-refractivity contribution is 6.45. The van der Waals surface area contributed by atoms with E-state index in [2.05, 4.69) is 34.4 Å². The van der Waals surface area contributed by atoms with Crippen molar-refractivity contribution in [3.8, 4) is 0 Å². The van der Waals surface area contributed by atoms with Crippen molar-refractivity contribution in [1.82, 2.24) is 34.5 Å². The number of aryl methyl sites for hydroxylation is 1. The predicted octanol–water partition coefficient (Wildman–Crippen LogP) is 2.75. The topological polar surface area (TPSA) is 136 Å². The molecule has 3 aromatic heterocycles. The lowest BCUT2D eigenvalue weighted by Gasteiger charge is -2.33. The summed E-state index contributed by atoms with van der Waals surface area (Å²) in [6.45, 7) is 12.1. The summed E-state index contributed by atoms with van der Waals surface area (Å²) in [6, 6.07) is 0.371. The molecule has 2 unspecified atom stereocenters. The van der Waals surface area contributed by atoms with E-state index in [-0.39, 0.29) is 12.1 Å². The van der Waals surface area contributed by atoms with E-state index in [1.54, 1.807) is 6.20 Å². The molecule has 4 fully saturated rings. The first-order chi connectivity index (χ1) is 23.5. The van der Waals surface area contributed by atoms with E-state index in [0.29, 0.717) is 0 Å². The number of fused-ring (bicyclic) bond motifs is 2. The highest BCUT2D eigenvalue weighted by atomic mass is 16.5. The van der Waals surface area contributed by atoms with Crippen molar-refractivity contribution in [2.24, 2.45) is 4.99 Å². The molecule has 48 heavy (non-hydrogen) atoms. The van der Waals surface area contributed by atoms with Crippen molar-refractivity contribution in [3.63, 3.8) is 0 Å². The molecule has 5 aliphatic heterocycles. The largest absolute Gasteiger partial charge is 0.437 e. The Morgan fingerprint density at radius 1 is 0.708 bits per heavy atom. The third-order valence-corrected chi connectivity index (χ3v) is 10.3. The summed E-state index contributed by atoms with van der Waals surface area (Å²) in [7, 11) is -0.900. The highest BCUT2D eigenvalue weighted by Crippen LogP contribution is 2.41. The summed E-state index contributed by atoms with van der Waals surface area (Å²) < 4.78 is 10.9. The van der Waals surface area contributed by atoms with Gasteiger partial charge in [0.2, 0.25) is 0 Å². The zero-order chi connectivity index (χ0) is 33.0. The van der Waals surface area contributed by atoms with Gasteiger partial charge in [-0.15, -0.1) is 0 Å². The highest BCUT2D eigenvalue weighted by Gasteiger charge is 2.35. The molecule has 0 saturated carbocycles. The minimum Gasteiger partial charge on any atom is -0.437 e. The Hall–Kier alpha value is -3.20. The molecule has 2 N–H and O–H groups in total. The SMILES string of the molecule is CB(O)N1CCCC1c1cncc2c1N=C(N1CCOCC1)CC2.CB(O)N1CCCC1c1cncc2ncc(N3CCOCC3)nc12. The van der Waals surface area contributed by atoms with Crippen LogP contribution in [0.15, 0.2) is 36.0 Å². The number of rotatable bonds is 5. The lowest BCUT2D eigenvalue weighted by atomic mass is 9.82. The van der Waals surface area contributed by atoms with E-state index < -0.39 is 14.1 Å². The maximum atomic E-state index is 10.1. The van der Waals surface area contributed by atoms with Crippen LogP contribution in [-0.2, 0) is 15.9 Å². The van der Waals surface area contributed by atoms with Gasteiger partial charge in [0.25, 0.3) is 0 Å². The zero-order valence-corrected chi connectivity index (χ0v) is 28.2. The second-order valence-corrected chi connectivity index (χ2v) is 13.3. The van der Waals surface area contributed by atoms with Gasteiger partial charge in [0.05, 0.1) is 50.0 Å². The number of amidine groups is 1. The lowest BCUT2D eigenvalue weighted by Crippen LogP contribution is -2.41. The monoisotopic (exact) mass is 655 g/mol. The van der Waals surface area contributed by atoms with Gasteiger partial charge in [0.15, 0.2) is 0 Å². The molecular formula is C33H47B2N9O4. The number of nitrogens with zero attached hydrogens (tertiary/aromatic N) is 9. The molecular weight excluding hydrogens is 608 g/mol. The molecule has 0 radical (unpaired) electrons. The van der Waals surface area contributed by atoms with Crippen LogP contribution in [0.5, 0.6) is 0 Å². The zero-order valence-electron chi connectivity index (χ0n) is 28.2. The van der Waals surface area contributed by atoms with Crippen LogP contribution in [0.4, 0.5) is 11.5 Å². The first-order valence-corrected chi connectivity index (χ1v) is 17.7. The van der Waals surface area contributed by atoms with E-state index in [1.165, 1.54) is 17.0 Å². The Morgan fingerprint density at radius 2 is 1.31 bits per heavy atom. The number of aromatic nitrogens is 4. The first kappa shape index (κ1) is 33.3. The quantitative estimate of drug-likeness (QED) is 0.392. The van der Waals surface area contributed by atoms with Gasteiger partial charge in [-0.3, -0.25) is 9.97 Å². The van der Waals surface area contributed by atoms with Crippen LogP contribution in [0.3, 0.4) is 0 Å². The van der Waals surface area contributed by atoms with Crippen molar-refractivity contribution >= 4 is 42.5 Å². The van der Waals surface area contributed by atoms with Gasteiger partial charge in [-0.25, -0.2) is 15.0 Å². The molecule has 15 heteroatoms. The Balaban J connectivity index is 0.000000152. The van der Waals surface area contributed by atoms with Crippen LogP contribution in [0.25, 0.3) is 11.0 Å². The standard InChI is InChI=1S/C17H25BN4O2.C16H22BN5O2/c1-18(23)22-6-2-3-15(22)14-12-19-11-13-4-5-16(20-17(13)14)21-7-9-24-10-8-21;1-17(23)22-4-2-3-14(22)12-9-18-10-13-16(12)20-15(11-19-13)21-5-7-24-8-6-21/h11-12,15,23H,2-10H2,1H3;9-11,14,23H,2-8H2,1H3. The van der Waals surface area contributed by atoms with Gasteiger partial charge in [-0.2, -0.15) is 0 Å². The van der Waals surface area contributed by atoms with Gasteiger partial charge >= 0.3 is 14.1 Å². The van der Waals surface area contributed by atoms with Gasteiger partial charge in [-0.05, 0) is 64.4 Å². The van der Waals surface area contributed by atoms with E-state index in [0.717, 1.165) is 132 Å². The average molecular weight is 655 g/mol. The number of ether oxygens (including phenoxy) is 2. The van der Waals surface area contributed by atoms with Gasteiger partial charge in [0.1, 0.15) is 17.2 Å². The third kappa shape index (κ3) is 7.08. The Labute approximate surface area is 283 Å². The Bertz CT molecular complexity index is 1590. The normalized spacial score (nSPS) is 23.5. The predicted molar refractivity (Wildman–Crippen MR) is 187 cm³/mol. The van der Waals surface area contributed by atoms with E-state index in [1.807, 2.05) is 38.4 Å². The average Bonchev–Trinajstić information content (AvgIpc) is 3.83. The second kappa shape index (κ2) is 15.1. The van der Waals surface area contributed by atoms with Gasteiger partial charge in [0, 0.05) is 74.4 Å². The molecule has 2 atom stereocenters. The van der Waals surface area contributed by atoms with Crippen molar-refractivity contribution < 1.29 is 19.5 Å². The van der Waals surface area contributed by atoms with Crippen LogP contribution in [-0.4, -0.2) is 130 Å². The Morgan fingerprint density at radius 3 is 1.98 bits per heavy atom. The van der Waals surface area contributed by atoms with Crippen molar-refractivity contribution in [1.29, 1.82) is 0 Å². The van der Waals surface area contributed by atoms with E-state index in [4.69, 9.17) is 19.5 Å². The number of morpholine rings is 2. The molecule has 13 nitrogen and oxygen atoms in total. The molecule has 0 aliphatic carbocycles. The molecule has 8 heterocycles. The molecule has 8 rings (SSSR count). The molecule has 254 valence electrons. The summed E-state index contributed by atoms with van der Waals surface area (Å²) in [4.78, 5) is 32.2.